The van der Waals surface area contributed by atoms with Crippen molar-refractivity contribution in [3.8, 4) is 0 Å². The standard InChI is InChI=1S/C16H28N2O3/c1-14(2)10(8-11(14)20-5)18-13(19)16(17)9-6-7-21-12(9)15(16,3)4/h9-12H,6-8,17H2,1-5H3,(H,18,19). The van der Waals surface area contributed by atoms with E-state index in [1.807, 2.05) is 13.8 Å². The zero-order chi connectivity index (χ0) is 15.6. The van der Waals surface area contributed by atoms with Gasteiger partial charge in [-0.1, -0.05) is 27.7 Å². The maximum atomic E-state index is 12.9. The lowest BCUT2D eigenvalue weighted by atomic mass is 9.47. The minimum absolute atomic E-state index is 0.0214. The largest absolute Gasteiger partial charge is 0.381 e. The molecule has 21 heavy (non-hydrogen) atoms. The molecule has 0 aromatic rings. The van der Waals surface area contributed by atoms with E-state index in [9.17, 15) is 4.79 Å². The van der Waals surface area contributed by atoms with Gasteiger partial charge in [0.25, 0.3) is 0 Å². The minimum Gasteiger partial charge on any atom is -0.381 e. The molecule has 3 aliphatic rings. The fourth-order valence-corrected chi connectivity index (χ4v) is 4.65. The number of carbonyl (C=O) groups is 1. The van der Waals surface area contributed by atoms with Gasteiger partial charge in [-0.2, -0.15) is 0 Å². The summed E-state index contributed by atoms with van der Waals surface area (Å²) in [5, 5.41) is 3.18. The van der Waals surface area contributed by atoms with Gasteiger partial charge in [0.1, 0.15) is 5.54 Å². The van der Waals surface area contributed by atoms with Crippen LogP contribution < -0.4 is 11.1 Å². The average Bonchev–Trinajstić information content (AvgIpc) is 2.89. The summed E-state index contributed by atoms with van der Waals surface area (Å²) in [6.07, 6.45) is 2.06. The first-order valence-corrected chi connectivity index (χ1v) is 7.91. The highest BCUT2D eigenvalue weighted by Gasteiger charge is 2.71. The van der Waals surface area contributed by atoms with Gasteiger partial charge in [0.05, 0.1) is 12.2 Å². The maximum Gasteiger partial charge on any atom is 0.241 e. The molecule has 3 N–H and O–H groups in total. The van der Waals surface area contributed by atoms with Crippen LogP contribution in [0, 0.1) is 16.7 Å². The monoisotopic (exact) mass is 296 g/mol. The Kier molecular flexibility index (Phi) is 3.22. The lowest BCUT2D eigenvalue weighted by molar-refractivity contribution is -0.180. The van der Waals surface area contributed by atoms with Gasteiger partial charge in [-0.05, 0) is 12.8 Å². The minimum atomic E-state index is -0.817. The van der Waals surface area contributed by atoms with E-state index in [-0.39, 0.29) is 40.9 Å². The molecule has 0 spiro atoms. The molecule has 1 saturated heterocycles. The Labute approximate surface area is 126 Å². The fourth-order valence-electron chi connectivity index (χ4n) is 4.65. The molecule has 1 aliphatic heterocycles. The molecule has 3 rings (SSSR count). The lowest BCUT2D eigenvalue weighted by Crippen LogP contribution is -2.81. The number of hydrogen-bond donors (Lipinski definition) is 2. The van der Waals surface area contributed by atoms with Crippen LogP contribution in [0.4, 0.5) is 0 Å². The molecule has 1 heterocycles. The number of hydrogen-bond acceptors (Lipinski definition) is 4. The van der Waals surface area contributed by atoms with Crippen LogP contribution in [-0.2, 0) is 14.3 Å². The Hall–Kier alpha value is -0.650. The second kappa shape index (κ2) is 4.43. The smallest absolute Gasteiger partial charge is 0.241 e. The van der Waals surface area contributed by atoms with Gasteiger partial charge in [0.15, 0.2) is 0 Å². The summed E-state index contributed by atoms with van der Waals surface area (Å²) in [5.74, 6) is 0.126. The van der Waals surface area contributed by atoms with Crippen molar-refractivity contribution in [3.63, 3.8) is 0 Å². The van der Waals surface area contributed by atoms with Gasteiger partial charge in [-0.15, -0.1) is 0 Å². The number of nitrogens with one attached hydrogen (secondary N) is 1. The van der Waals surface area contributed by atoms with Gasteiger partial charge >= 0.3 is 0 Å². The zero-order valence-corrected chi connectivity index (χ0v) is 13.7. The van der Waals surface area contributed by atoms with E-state index >= 15 is 0 Å². The first kappa shape index (κ1) is 15.3. The molecule has 1 amide bonds. The van der Waals surface area contributed by atoms with Crippen molar-refractivity contribution in [3.05, 3.63) is 0 Å². The molecule has 120 valence electrons. The Balaban J connectivity index is 1.72. The number of rotatable bonds is 3. The molecule has 0 aromatic heterocycles. The lowest BCUT2D eigenvalue weighted by Gasteiger charge is -2.62. The third-order valence-electron chi connectivity index (χ3n) is 6.60. The van der Waals surface area contributed by atoms with Crippen molar-refractivity contribution < 1.29 is 14.3 Å². The maximum absolute atomic E-state index is 12.9. The Morgan fingerprint density at radius 2 is 2.00 bits per heavy atom. The summed E-state index contributed by atoms with van der Waals surface area (Å²) in [6.45, 7) is 9.07. The summed E-state index contributed by atoms with van der Waals surface area (Å²) in [6, 6.07) is 0.132. The van der Waals surface area contributed by atoms with Crippen molar-refractivity contribution in [2.75, 3.05) is 13.7 Å². The number of methoxy groups -OCH3 is 1. The summed E-state index contributed by atoms with van der Waals surface area (Å²) >= 11 is 0. The predicted octanol–water partition coefficient (Wildman–Crippen LogP) is 1.06. The number of ether oxygens (including phenoxy) is 2. The highest BCUT2D eigenvalue weighted by molar-refractivity contribution is 5.90. The summed E-state index contributed by atoms with van der Waals surface area (Å²) < 4.78 is 11.2. The first-order chi connectivity index (χ1) is 9.67. The molecule has 5 atom stereocenters. The normalized spacial score (nSPS) is 46.2. The third kappa shape index (κ3) is 1.71. The first-order valence-electron chi connectivity index (χ1n) is 7.91. The van der Waals surface area contributed by atoms with E-state index in [1.54, 1.807) is 7.11 Å². The van der Waals surface area contributed by atoms with E-state index < -0.39 is 5.54 Å². The molecule has 5 heteroatoms. The van der Waals surface area contributed by atoms with Crippen LogP contribution in [-0.4, -0.2) is 43.4 Å². The van der Waals surface area contributed by atoms with Crippen molar-refractivity contribution in [1.82, 2.24) is 5.32 Å². The molecular formula is C16H28N2O3. The molecule has 0 bridgehead atoms. The van der Waals surface area contributed by atoms with Crippen LogP contribution in [0.2, 0.25) is 0 Å². The Bertz CT molecular complexity index is 462. The fraction of sp³-hybridized carbons (Fsp3) is 0.938. The van der Waals surface area contributed by atoms with Gasteiger partial charge in [0, 0.05) is 36.5 Å². The predicted molar refractivity (Wildman–Crippen MR) is 79.7 cm³/mol. The quantitative estimate of drug-likeness (QED) is 0.817. The number of carbonyl (C=O) groups excluding carboxylic acids is 1. The van der Waals surface area contributed by atoms with E-state index in [0.717, 1.165) is 12.8 Å². The van der Waals surface area contributed by atoms with Crippen LogP contribution in [0.15, 0.2) is 0 Å². The third-order valence-corrected chi connectivity index (χ3v) is 6.60. The molecule has 2 aliphatic carbocycles. The van der Waals surface area contributed by atoms with Gasteiger partial charge in [0.2, 0.25) is 5.91 Å². The second-order valence-electron chi connectivity index (χ2n) is 8.08. The van der Waals surface area contributed by atoms with Crippen LogP contribution in [0.3, 0.4) is 0 Å². The van der Waals surface area contributed by atoms with E-state index in [1.165, 1.54) is 0 Å². The molecule has 0 aromatic carbocycles. The summed E-state index contributed by atoms with van der Waals surface area (Å²) in [4.78, 5) is 12.9. The number of fused-ring (bicyclic) bond motifs is 1. The van der Waals surface area contributed by atoms with Gasteiger partial charge < -0.3 is 20.5 Å². The van der Waals surface area contributed by atoms with Crippen LogP contribution in [0.1, 0.15) is 40.5 Å². The highest BCUT2D eigenvalue weighted by Crippen LogP contribution is 2.58. The van der Waals surface area contributed by atoms with E-state index in [2.05, 4.69) is 19.2 Å². The summed E-state index contributed by atoms with van der Waals surface area (Å²) in [5.41, 5.74) is 5.40. The van der Waals surface area contributed by atoms with Crippen LogP contribution >= 0.6 is 0 Å². The topological polar surface area (TPSA) is 73.6 Å². The number of amides is 1. The van der Waals surface area contributed by atoms with Crippen LogP contribution in [0.25, 0.3) is 0 Å². The molecule has 2 saturated carbocycles. The molecule has 5 nitrogen and oxygen atoms in total. The van der Waals surface area contributed by atoms with Crippen LogP contribution in [0.5, 0.6) is 0 Å². The van der Waals surface area contributed by atoms with Crippen molar-refractivity contribution >= 4 is 5.91 Å². The Morgan fingerprint density at radius 1 is 1.33 bits per heavy atom. The SMILES string of the molecule is COC1CC(NC(=O)C2(N)C3CCOC3C2(C)C)C1(C)C. The van der Waals surface area contributed by atoms with Gasteiger partial charge in [-0.25, -0.2) is 0 Å². The van der Waals surface area contributed by atoms with Gasteiger partial charge in [-0.3, -0.25) is 4.79 Å². The summed E-state index contributed by atoms with van der Waals surface area (Å²) in [7, 11) is 1.73. The molecule has 3 fully saturated rings. The van der Waals surface area contributed by atoms with Crippen molar-refractivity contribution in [2.24, 2.45) is 22.5 Å². The zero-order valence-electron chi connectivity index (χ0n) is 13.7. The highest BCUT2D eigenvalue weighted by atomic mass is 16.5. The van der Waals surface area contributed by atoms with E-state index in [0.29, 0.717) is 6.61 Å². The number of nitrogens with two attached hydrogens (primary N) is 1. The Morgan fingerprint density at radius 3 is 2.57 bits per heavy atom. The second-order valence-corrected chi connectivity index (χ2v) is 8.08. The van der Waals surface area contributed by atoms with Crippen molar-refractivity contribution in [1.29, 1.82) is 0 Å². The molecular weight excluding hydrogens is 268 g/mol. The van der Waals surface area contributed by atoms with E-state index in [4.69, 9.17) is 15.2 Å². The molecule has 0 radical (unpaired) electrons. The molecule has 5 unspecified atom stereocenters. The average molecular weight is 296 g/mol. The van der Waals surface area contributed by atoms with Crippen molar-refractivity contribution in [2.45, 2.75) is 64.3 Å².